The summed E-state index contributed by atoms with van der Waals surface area (Å²) in [6.07, 6.45) is 0. The fourth-order valence-corrected chi connectivity index (χ4v) is 1.52. The first-order valence-electron chi connectivity index (χ1n) is 6.02. The third-order valence-corrected chi connectivity index (χ3v) is 2.51. The number of carboxylic acid groups (broad SMARTS) is 1. The number of carbonyl (C=O) groups is 2. The molecule has 0 aliphatic carbocycles. The molecule has 18 heavy (non-hydrogen) atoms. The highest BCUT2D eigenvalue weighted by molar-refractivity contribution is 5.83. The van der Waals surface area contributed by atoms with E-state index in [1.165, 1.54) is 4.90 Å². The largest absolute Gasteiger partial charge is 0.480 e. The van der Waals surface area contributed by atoms with E-state index in [9.17, 15) is 9.59 Å². The first kappa shape index (κ1) is 16.5. The standard InChI is InChI=1S/C13H24N2O3/c1-7-15(8-9(2)3)12(18)14-10(11(16)17)13(4,5)6/h10H,2,7-8H2,1,3-6H3,(H,14,18)(H,16,17)/t10-/m1/s1. The van der Waals surface area contributed by atoms with Crippen LogP contribution in [-0.2, 0) is 4.79 Å². The summed E-state index contributed by atoms with van der Waals surface area (Å²) in [7, 11) is 0. The Morgan fingerprint density at radius 3 is 2.17 bits per heavy atom. The Balaban J connectivity index is 4.78. The Bertz CT molecular complexity index is 332. The van der Waals surface area contributed by atoms with Crippen LogP contribution in [0.1, 0.15) is 34.6 Å². The SMILES string of the molecule is C=C(C)CN(CC)C(=O)N[C@H](C(=O)O)C(C)(C)C. The first-order chi connectivity index (χ1) is 8.09. The molecule has 0 heterocycles. The van der Waals surface area contributed by atoms with E-state index in [2.05, 4.69) is 11.9 Å². The van der Waals surface area contributed by atoms with E-state index in [-0.39, 0.29) is 6.03 Å². The van der Waals surface area contributed by atoms with Crippen LogP contribution in [0.2, 0.25) is 0 Å². The van der Waals surface area contributed by atoms with Gasteiger partial charge in [0.25, 0.3) is 0 Å². The van der Waals surface area contributed by atoms with Crippen molar-refractivity contribution in [3.63, 3.8) is 0 Å². The molecule has 2 amide bonds. The minimum absolute atomic E-state index is 0.372. The molecule has 0 bridgehead atoms. The molecule has 0 saturated carbocycles. The quantitative estimate of drug-likeness (QED) is 0.740. The number of likely N-dealkylation sites (N-methyl/N-ethyl adjacent to an activating group) is 1. The molecule has 0 aromatic carbocycles. The lowest BCUT2D eigenvalue weighted by molar-refractivity contribution is -0.142. The molecule has 0 radical (unpaired) electrons. The van der Waals surface area contributed by atoms with Crippen LogP contribution in [0.4, 0.5) is 4.79 Å². The molecule has 0 aromatic rings. The van der Waals surface area contributed by atoms with Gasteiger partial charge in [-0.15, -0.1) is 0 Å². The third-order valence-electron chi connectivity index (χ3n) is 2.51. The van der Waals surface area contributed by atoms with Crippen molar-refractivity contribution in [1.82, 2.24) is 10.2 Å². The number of hydrogen-bond donors (Lipinski definition) is 2. The van der Waals surface area contributed by atoms with Crippen LogP contribution in [0.5, 0.6) is 0 Å². The number of rotatable bonds is 5. The number of carboxylic acids is 1. The first-order valence-corrected chi connectivity index (χ1v) is 6.02. The summed E-state index contributed by atoms with van der Waals surface area (Å²) >= 11 is 0. The van der Waals surface area contributed by atoms with Crippen LogP contribution in [0.25, 0.3) is 0 Å². The molecule has 0 fully saturated rings. The summed E-state index contributed by atoms with van der Waals surface area (Å²) < 4.78 is 0. The van der Waals surface area contributed by atoms with Gasteiger partial charge in [0, 0.05) is 13.1 Å². The topological polar surface area (TPSA) is 69.6 Å². The van der Waals surface area contributed by atoms with Gasteiger partial charge in [-0.2, -0.15) is 0 Å². The van der Waals surface area contributed by atoms with Crippen molar-refractivity contribution < 1.29 is 14.7 Å². The number of carbonyl (C=O) groups excluding carboxylic acids is 1. The lowest BCUT2D eigenvalue weighted by Gasteiger charge is -2.30. The Labute approximate surface area is 109 Å². The van der Waals surface area contributed by atoms with Gasteiger partial charge in [-0.3, -0.25) is 0 Å². The molecular formula is C13H24N2O3. The predicted octanol–water partition coefficient (Wildman–Crippen LogP) is 2.09. The van der Waals surface area contributed by atoms with Crippen LogP contribution >= 0.6 is 0 Å². The van der Waals surface area contributed by atoms with Gasteiger partial charge in [-0.1, -0.05) is 32.9 Å². The van der Waals surface area contributed by atoms with Crippen molar-refractivity contribution in [2.75, 3.05) is 13.1 Å². The van der Waals surface area contributed by atoms with Gasteiger partial charge >= 0.3 is 12.0 Å². The molecule has 0 aliphatic rings. The number of hydrogen-bond acceptors (Lipinski definition) is 2. The molecule has 0 aromatic heterocycles. The lowest BCUT2D eigenvalue weighted by atomic mass is 9.87. The van der Waals surface area contributed by atoms with E-state index in [0.29, 0.717) is 13.1 Å². The van der Waals surface area contributed by atoms with Crippen LogP contribution in [0.3, 0.4) is 0 Å². The van der Waals surface area contributed by atoms with E-state index in [0.717, 1.165) is 5.57 Å². The number of nitrogens with one attached hydrogen (secondary N) is 1. The minimum Gasteiger partial charge on any atom is -0.480 e. The number of nitrogens with zero attached hydrogens (tertiary/aromatic N) is 1. The second kappa shape index (κ2) is 6.42. The summed E-state index contributed by atoms with van der Waals surface area (Å²) in [6.45, 7) is 13.7. The van der Waals surface area contributed by atoms with Crippen LogP contribution < -0.4 is 5.32 Å². The lowest BCUT2D eigenvalue weighted by Crippen LogP contribution is -2.53. The van der Waals surface area contributed by atoms with Gasteiger partial charge in [0.05, 0.1) is 0 Å². The molecule has 0 rings (SSSR count). The molecule has 2 N–H and O–H groups in total. The van der Waals surface area contributed by atoms with E-state index in [1.807, 2.05) is 13.8 Å². The summed E-state index contributed by atoms with van der Waals surface area (Å²) in [4.78, 5) is 24.7. The highest BCUT2D eigenvalue weighted by Crippen LogP contribution is 2.19. The Hall–Kier alpha value is -1.52. The maximum absolute atomic E-state index is 12.0. The molecular weight excluding hydrogens is 232 g/mol. The second-order valence-corrected chi connectivity index (χ2v) is 5.56. The molecule has 0 aliphatic heterocycles. The minimum atomic E-state index is -1.03. The van der Waals surface area contributed by atoms with E-state index in [1.54, 1.807) is 20.8 Å². The van der Waals surface area contributed by atoms with Gasteiger partial charge in [0.1, 0.15) is 6.04 Å². The van der Waals surface area contributed by atoms with Crippen molar-refractivity contribution in [3.8, 4) is 0 Å². The van der Waals surface area contributed by atoms with Crippen molar-refractivity contribution in [2.45, 2.75) is 40.7 Å². The van der Waals surface area contributed by atoms with Gasteiger partial charge in [0.2, 0.25) is 0 Å². The monoisotopic (exact) mass is 256 g/mol. The fourth-order valence-electron chi connectivity index (χ4n) is 1.52. The second-order valence-electron chi connectivity index (χ2n) is 5.56. The fraction of sp³-hybridized carbons (Fsp3) is 0.692. The molecule has 0 spiro atoms. The summed E-state index contributed by atoms with van der Waals surface area (Å²) in [5.74, 6) is -1.03. The third kappa shape index (κ3) is 5.21. The average molecular weight is 256 g/mol. The van der Waals surface area contributed by atoms with Gasteiger partial charge in [-0.05, 0) is 19.3 Å². The summed E-state index contributed by atoms with van der Waals surface area (Å²) in [5, 5.41) is 11.7. The maximum atomic E-state index is 12.0. The van der Waals surface area contributed by atoms with E-state index in [4.69, 9.17) is 5.11 Å². The van der Waals surface area contributed by atoms with Crippen LogP contribution in [0, 0.1) is 5.41 Å². The van der Waals surface area contributed by atoms with Crippen molar-refractivity contribution >= 4 is 12.0 Å². The van der Waals surface area contributed by atoms with Crippen molar-refractivity contribution in [2.24, 2.45) is 5.41 Å². The van der Waals surface area contributed by atoms with Crippen molar-refractivity contribution in [3.05, 3.63) is 12.2 Å². The average Bonchev–Trinajstić information content (AvgIpc) is 2.19. The molecule has 0 saturated heterocycles. The molecule has 5 heteroatoms. The highest BCUT2D eigenvalue weighted by Gasteiger charge is 2.33. The number of urea groups is 1. The van der Waals surface area contributed by atoms with Crippen LogP contribution in [0.15, 0.2) is 12.2 Å². The Morgan fingerprint density at radius 1 is 1.39 bits per heavy atom. The molecule has 1 atom stereocenters. The van der Waals surface area contributed by atoms with Gasteiger partial charge in [0.15, 0.2) is 0 Å². The summed E-state index contributed by atoms with van der Waals surface area (Å²) in [5.41, 5.74) is 0.319. The summed E-state index contributed by atoms with van der Waals surface area (Å²) in [6, 6.07) is -1.29. The highest BCUT2D eigenvalue weighted by atomic mass is 16.4. The normalized spacial score (nSPS) is 12.7. The number of amides is 2. The zero-order chi connectivity index (χ0) is 14.5. The molecule has 5 nitrogen and oxygen atoms in total. The number of aliphatic carboxylic acids is 1. The molecule has 104 valence electrons. The van der Waals surface area contributed by atoms with Gasteiger partial charge in [-0.25, -0.2) is 9.59 Å². The zero-order valence-corrected chi connectivity index (χ0v) is 11.9. The zero-order valence-electron chi connectivity index (χ0n) is 11.9. The molecule has 0 unspecified atom stereocenters. The Morgan fingerprint density at radius 2 is 1.89 bits per heavy atom. The Kier molecular flexibility index (Phi) is 5.88. The van der Waals surface area contributed by atoms with Crippen molar-refractivity contribution in [1.29, 1.82) is 0 Å². The smallest absolute Gasteiger partial charge is 0.326 e. The predicted molar refractivity (Wildman–Crippen MR) is 71.5 cm³/mol. The van der Waals surface area contributed by atoms with E-state index >= 15 is 0 Å². The van der Waals surface area contributed by atoms with Gasteiger partial charge < -0.3 is 15.3 Å². The van der Waals surface area contributed by atoms with E-state index < -0.39 is 17.4 Å². The van der Waals surface area contributed by atoms with Crippen LogP contribution in [-0.4, -0.2) is 41.1 Å². The maximum Gasteiger partial charge on any atom is 0.326 e.